The fourth-order valence-corrected chi connectivity index (χ4v) is 4.57. The maximum Gasteiger partial charge on any atom is 0.322 e. The number of nitrogens with zero attached hydrogens (tertiary/aromatic N) is 1. The van der Waals surface area contributed by atoms with Crippen molar-refractivity contribution in [2.75, 3.05) is 19.0 Å². The first-order chi connectivity index (χ1) is 15.9. The van der Waals surface area contributed by atoms with Crippen molar-refractivity contribution in [3.05, 3.63) is 94.4 Å². The number of ether oxygens (including phenoxy) is 1. The summed E-state index contributed by atoms with van der Waals surface area (Å²) in [6.07, 6.45) is 0.709. The number of rotatable bonds is 3. The van der Waals surface area contributed by atoms with Crippen molar-refractivity contribution in [3.8, 4) is 5.75 Å². The molecule has 0 spiro atoms. The Kier molecular flexibility index (Phi) is 5.29. The fourth-order valence-electron chi connectivity index (χ4n) is 4.57. The van der Waals surface area contributed by atoms with E-state index < -0.39 is 0 Å². The minimum absolute atomic E-state index is 0.259. The summed E-state index contributed by atoms with van der Waals surface area (Å²) in [7, 11) is 1.66. The van der Waals surface area contributed by atoms with Crippen LogP contribution in [0.5, 0.6) is 5.75 Å². The van der Waals surface area contributed by atoms with Gasteiger partial charge in [0.15, 0.2) is 0 Å². The average molecular weight is 444 g/mol. The largest absolute Gasteiger partial charge is 0.497 e. The second-order valence-corrected chi connectivity index (χ2v) is 8.58. The summed E-state index contributed by atoms with van der Waals surface area (Å²) in [6.45, 7) is 4.28. The van der Waals surface area contributed by atoms with Crippen molar-refractivity contribution < 1.29 is 13.9 Å². The van der Waals surface area contributed by atoms with E-state index in [0.29, 0.717) is 24.2 Å². The van der Waals surface area contributed by atoms with E-state index in [1.54, 1.807) is 26.2 Å². The van der Waals surface area contributed by atoms with Crippen LogP contribution in [0.3, 0.4) is 0 Å². The van der Waals surface area contributed by atoms with Crippen LogP contribution in [0.25, 0.3) is 10.9 Å². The molecule has 0 unspecified atom stereocenters. The lowest BCUT2D eigenvalue weighted by atomic mass is 9.92. The number of aryl methyl sites for hydroxylation is 2. The van der Waals surface area contributed by atoms with Gasteiger partial charge in [-0.25, -0.2) is 9.18 Å². The van der Waals surface area contributed by atoms with E-state index in [1.807, 2.05) is 30.0 Å². The van der Waals surface area contributed by atoms with Gasteiger partial charge in [0, 0.05) is 28.8 Å². The van der Waals surface area contributed by atoms with Crippen molar-refractivity contribution in [3.63, 3.8) is 0 Å². The molecule has 6 heteroatoms. The summed E-state index contributed by atoms with van der Waals surface area (Å²) in [5, 5.41) is 4.00. The van der Waals surface area contributed by atoms with Gasteiger partial charge in [0.25, 0.3) is 0 Å². The molecule has 3 aromatic carbocycles. The number of aromatic nitrogens is 1. The van der Waals surface area contributed by atoms with Gasteiger partial charge in [0.1, 0.15) is 11.6 Å². The standard InChI is InChI=1S/C27H26FN3O2/c1-16-4-7-18(8-5-16)26-25-21(22-15-20(33-3)10-11-24(22)30-25)12-13-31(26)27(32)29-19-9-6-17(2)23(28)14-19/h4-11,14-15,26,30H,12-13H2,1-3H3,(H,29,32)/t26-/m0/s1. The molecule has 2 heterocycles. The third-order valence-corrected chi connectivity index (χ3v) is 6.41. The molecule has 2 N–H and O–H groups in total. The number of halogens is 1. The number of aromatic amines is 1. The Hall–Kier alpha value is -3.80. The molecule has 1 atom stereocenters. The van der Waals surface area contributed by atoms with Crippen LogP contribution in [0.1, 0.15) is 34.0 Å². The van der Waals surface area contributed by atoms with Crippen LogP contribution in [0.15, 0.2) is 60.7 Å². The first kappa shape index (κ1) is 21.1. The van der Waals surface area contributed by atoms with Crippen LogP contribution in [0, 0.1) is 19.7 Å². The summed E-state index contributed by atoms with van der Waals surface area (Å²) in [5.74, 6) is 0.464. The van der Waals surface area contributed by atoms with Gasteiger partial charge in [0.05, 0.1) is 13.2 Å². The number of hydrogen-bond acceptors (Lipinski definition) is 2. The predicted molar refractivity (Wildman–Crippen MR) is 128 cm³/mol. The number of amides is 2. The highest BCUT2D eigenvalue weighted by atomic mass is 19.1. The van der Waals surface area contributed by atoms with Crippen LogP contribution in [-0.2, 0) is 6.42 Å². The first-order valence-electron chi connectivity index (χ1n) is 11.0. The van der Waals surface area contributed by atoms with E-state index in [1.165, 1.54) is 11.6 Å². The van der Waals surface area contributed by atoms with Gasteiger partial charge in [-0.1, -0.05) is 35.9 Å². The third kappa shape index (κ3) is 3.82. The number of fused-ring (bicyclic) bond motifs is 3. The Balaban J connectivity index is 1.57. The maximum absolute atomic E-state index is 14.0. The normalized spacial score (nSPS) is 15.4. The molecule has 1 aliphatic rings. The van der Waals surface area contributed by atoms with E-state index >= 15 is 0 Å². The Bertz CT molecular complexity index is 1340. The van der Waals surface area contributed by atoms with E-state index in [9.17, 15) is 9.18 Å². The fraction of sp³-hybridized carbons (Fsp3) is 0.222. The van der Waals surface area contributed by atoms with E-state index in [0.717, 1.165) is 33.5 Å². The quantitative estimate of drug-likeness (QED) is 0.401. The van der Waals surface area contributed by atoms with Gasteiger partial charge in [-0.15, -0.1) is 0 Å². The molecule has 33 heavy (non-hydrogen) atoms. The van der Waals surface area contributed by atoms with Gasteiger partial charge in [0.2, 0.25) is 0 Å². The van der Waals surface area contributed by atoms with Crippen LogP contribution in [-0.4, -0.2) is 29.6 Å². The van der Waals surface area contributed by atoms with Crippen LogP contribution >= 0.6 is 0 Å². The zero-order valence-electron chi connectivity index (χ0n) is 18.9. The number of hydrogen-bond donors (Lipinski definition) is 2. The van der Waals surface area contributed by atoms with Crippen molar-refractivity contribution >= 4 is 22.6 Å². The molecule has 0 aliphatic carbocycles. The molecule has 0 fully saturated rings. The van der Waals surface area contributed by atoms with E-state index in [2.05, 4.69) is 34.6 Å². The Morgan fingerprint density at radius 3 is 2.61 bits per heavy atom. The Labute approximate surface area is 192 Å². The number of methoxy groups -OCH3 is 1. The lowest BCUT2D eigenvalue weighted by molar-refractivity contribution is 0.193. The molecular weight excluding hydrogens is 417 g/mol. The van der Waals surface area contributed by atoms with Gasteiger partial charge in [-0.2, -0.15) is 0 Å². The van der Waals surface area contributed by atoms with Crippen molar-refractivity contribution in [2.45, 2.75) is 26.3 Å². The number of carbonyl (C=O) groups excluding carboxylic acids is 1. The highest BCUT2D eigenvalue weighted by Gasteiger charge is 2.34. The molecule has 1 aromatic heterocycles. The topological polar surface area (TPSA) is 57.4 Å². The SMILES string of the molecule is COc1ccc2[nH]c3c(c2c1)CCN(C(=O)Nc1ccc(C)c(F)c1)[C@H]3c1ccc(C)cc1. The van der Waals surface area contributed by atoms with Crippen LogP contribution in [0.2, 0.25) is 0 Å². The van der Waals surface area contributed by atoms with E-state index in [-0.39, 0.29) is 17.9 Å². The highest BCUT2D eigenvalue weighted by molar-refractivity contribution is 5.92. The number of H-pyrrole nitrogens is 1. The first-order valence-corrected chi connectivity index (χ1v) is 11.0. The van der Waals surface area contributed by atoms with Gasteiger partial charge >= 0.3 is 6.03 Å². The van der Waals surface area contributed by atoms with Crippen LogP contribution < -0.4 is 10.1 Å². The minimum atomic E-state index is -0.339. The second kappa shape index (κ2) is 8.28. The van der Waals surface area contributed by atoms with Crippen molar-refractivity contribution in [2.24, 2.45) is 0 Å². The highest BCUT2D eigenvalue weighted by Crippen LogP contribution is 2.39. The Morgan fingerprint density at radius 1 is 1.09 bits per heavy atom. The summed E-state index contributed by atoms with van der Waals surface area (Å²) in [6, 6.07) is 18.4. The van der Waals surface area contributed by atoms with Crippen molar-refractivity contribution in [1.82, 2.24) is 9.88 Å². The zero-order valence-corrected chi connectivity index (χ0v) is 18.9. The van der Waals surface area contributed by atoms with Gasteiger partial charge in [-0.05, 0) is 67.3 Å². The molecule has 5 rings (SSSR count). The third-order valence-electron chi connectivity index (χ3n) is 6.41. The summed E-state index contributed by atoms with van der Waals surface area (Å²) in [5.41, 5.74) is 6.37. The summed E-state index contributed by atoms with van der Waals surface area (Å²) in [4.78, 5) is 18.8. The van der Waals surface area contributed by atoms with E-state index in [4.69, 9.17) is 4.74 Å². The van der Waals surface area contributed by atoms with Crippen LogP contribution in [0.4, 0.5) is 14.9 Å². The molecule has 2 amide bonds. The molecule has 0 saturated heterocycles. The minimum Gasteiger partial charge on any atom is -0.497 e. The molecular formula is C27H26FN3O2. The Morgan fingerprint density at radius 2 is 1.88 bits per heavy atom. The number of carbonyl (C=O) groups is 1. The molecule has 1 aliphatic heterocycles. The molecule has 0 bridgehead atoms. The molecule has 5 nitrogen and oxygen atoms in total. The lowest BCUT2D eigenvalue weighted by Crippen LogP contribution is -2.43. The summed E-state index contributed by atoms with van der Waals surface area (Å²) >= 11 is 0. The van der Waals surface area contributed by atoms with Gasteiger partial charge in [-0.3, -0.25) is 0 Å². The molecule has 0 saturated carbocycles. The number of anilines is 1. The second-order valence-electron chi connectivity index (χ2n) is 8.58. The molecule has 0 radical (unpaired) electrons. The monoisotopic (exact) mass is 443 g/mol. The van der Waals surface area contributed by atoms with Crippen molar-refractivity contribution in [1.29, 1.82) is 0 Å². The maximum atomic E-state index is 14.0. The van der Waals surface area contributed by atoms with Gasteiger partial charge < -0.3 is 19.9 Å². The lowest BCUT2D eigenvalue weighted by Gasteiger charge is -2.36. The number of urea groups is 1. The summed E-state index contributed by atoms with van der Waals surface area (Å²) < 4.78 is 19.5. The smallest absolute Gasteiger partial charge is 0.322 e. The number of benzene rings is 3. The predicted octanol–water partition coefficient (Wildman–Crippen LogP) is 6.11. The molecule has 168 valence electrons. The number of nitrogens with one attached hydrogen (secondary N) is 2. The average Bonchev–Trinajstić information content (AvgIpc) is 3.19. The zero-order chi connectivity index (χ0) is 23.1. The molecule has 4 aromatic rings.